The number of fused-ring (bicyclic) bond motifs is 3. The highest BCUT2D eigenvalue weighted by Gasteiger charge is 2.49. The monoisotopic (exact) mass is 450 g/mol. The van der Waals surface area contributed by atoms with Gasteiger partial charge >= 0.3 is 12.1 Å². The van der Waals surface area contributed by atoms with Gasteiger partial charge < -0.3 is 20.1 Å². The first kappa shape index (κ1) is 22.8. The van der Waals surface area contributed by atoms with Crippen molar-refractivity contribution in [3.8, 4) is 11.1 Å². The van der Waals surface area contributed by atoms with Crippen LogP contribution in [-0.4, -0.2) is 53.2 Å². The molecule has 7 nitrogen and oxygen atoms in total. The Morgan fingerprint density at radius 1 is 1.09 bits per heavy atom. The van der Waals surface area contributed by atoms with Crippen LogP contribution in [0.4, 0.5) is 4.79 Å². The van der Waals surface area contributed by atoms with Crippen molar-refractivity contribution in [1.82, 2.24) is 10.2 Å². The van der Waals surface area contributed by atoms with E-state index in [2.05, 4.69) is 29.6 Å². The highest BCUT2D eigenvalue weighted by molar-refractivity contribution is 5.90. The molecule has 0 aromatic heterocycles. The van der Waals surface area contributed by atoms with Crippen molar-refractivity contribution in [2.75, 3.05) is 19.7 Å². The van der Waals surface area contributed by atoms with Gasteiger partial charge in [0.05, 0.1) is 5.41 Å². The molecule has 7 heteroatoms. The Balaban J connectivity index is 1.37. The van der Waals surface area contributed by atoms with E-state index >= 15 is 0 Å². The van der Waals surface area contributed by atoms with Crippen LogP contribution in [0.1, 0.15) is 50.7 Å². The maximum Gasteiger partial charge on any atom is 0.407 e. The third-order valence-corrected chi connectivity index (χ3v) is 6.94. The van der Waals surface area contributed by atoms with E-state index in [-0.39, 0.29) is 25.0 Å². The number of carboxylic acid groups (broad SMARTS) is 1. The molecule has 33 heavy (non-hydrogen) atoms. The highest BCUT2D eigenvalue weighted by Crippen LogP contribution is 2.44. The fourth-order valence-electron chi connectivity index (χ4n) is 4.89. The van der Waals surface area contributed by atoms with Crippen LogP contribution in [0.2, 0.25) is 0 Å². The van der Waals surface area contributed by atoms with E-state index in [1.807, 2.05) is 24.3 Å². The summed E-state index contributed by atoms with van der Waals surface area (Å²) in [6, 6.07) is 16.2. The number of hydrogen-bond donors (Lipinski definition) is 2. The van der Waals surface area contributed by atoms with Crippen LogP contribution >= 0.6 is 0 Å². The molecule has 2 aromatic carbocycles. The first-order chi connectivity index (χ1) is 15.6. The maximum atomic E-state index is 13.1. The van der Waals surface area contributed by atoms with Gasteiger partial charge in [-0.3, -0.25) is 4.79 Å². The van der Waals surface area contributed by atoms with Crippen LogP contribution in [-0.2, 0) is 14.3 Å². The lowest BCUT2D eigenvalue weighted by atomic mass is 9.89. The molecule has 4 rings (SSSR count). The van der Waals surface area contributed by atoms with Crippen molar-refractivity contribution in [1.29, 1.82) is 0 Å². The van der Waals surface area contributed by atoms with Crippen LogP contribution in [0.25, 0.3) is 11.1 Å². The maximum absolute atomic E-state index is 13.1. The largest absolute Gasteiger partial charge is 0.480 e. The summed E-state index contributed by atoms with van der Waals surface area (Å²) in [4.78, 5) is 38.8. The normalized spacial score (nSPS) is 19.7. The van der Waals surface area contributed by atoms with E-state index in [4.69, 9.17) is 4.74 Å². The summed E-state index contributed by atoms with van der Waals surface area (Å²) in [5.41, 5.74) is 2.39. The molecule has 1 aliphatic carbocycles. The number of alkyl carbamates (subject to hydrolysis) is 1. The van der Waals surface area contributed by atoms with Gasteiger partial charge in [-0.05, 0) is 55.9 Å². The van der Waals surface area contributed by atoms with E-state index in [0.717, 1.165) is 22.3 Å². The molecular formula is C26H30N2O5. The average Bonchev–Trinajstić information content (AvgIpc) is 3.35. The number of hydrogen-bond acceptors (Lipinski definition) is 4. The predicted molar refractivity (Wildman–Crippen MR) is 124 cm³/mol. The standard InChI is InChI=1S/C26H30N2O5/c1-25(2,22(29)28-14-8-13-26(28,3)23(30)31)16-27-24(32)33-15-21-19-11-6-4-9-17(19)18-10-5-7-12-20(18)21/h4-7,9-12,21H,8,13-16H2,1-3H3,(H,27,32)(H,30,31)/t26-/m0/s1. The average molecular weight is 451 g/mol. The molecule has 0 radical (unpaired) electrons. The SMILES string of the molecule is CC(C)(CNC(=O)OCC1c2ccccc2-c2ccccc21)C(=O)N1CCC[C@@]1(C)C(=O)O. The summed E-state index contributed by atoms with van der Waals surface area (Å²) < 4.78 is 5.55. The number of likely N-dealkylation sites (tertiary alicyclic amines) is 1. The minimum atomic E-state index is -1.21. The summed E-state index contributed by atoms with van der Waals surface area (Å²) in [5.74, 6) is -1.34. The molecule has 2 amide bonds. The smallest absolute Gasteiger partial charge is 0.407 e. The van der Waals surface area contributed by atoms with Crippen LogP contribution in [0.3, 0.4) is 0 Å². The molecule has 2 N–H and O–H groups in total. The number of rotatable bonds is 6. The fraction of sp³-hybridized carbons (Fsp3) is 0.423. The Hall–Kier alpha value is -3.35. The van der Waals surface area contributed by atoms with E-state index in [1.165, 1.54) is 4.90 Å². The van der Waals surface area contributed by atoms with Crippen molar-refractivity contribution < 1.29 is 24.2 Å². The Bertz CT molecular complexity index is 1050. The molecular weight excluding hydrogens is 420 g/mol. The lowest BCUT2D eigenvalue weighted by molar-refractivity contribution is -0.159. The molecule has 0 saturated carbocycles. The van der Waals surface area contributed by atoms with Gasteiger partial charge in [-0.25, -0.2) is 9.59 Å². The first-order valence-electron chi connectivity index (χ1n) is 11.3. The molecule has 0 unspecified atom stereocenters. The minimum absolute atomic E-state index is 0.0429. The summed E-state index contributed by atoms with van der Waals surface area (Å²) in [7, 11) is 0. The molecule has 174 valence electrons. The van der Waals surface area contributed by atoms with Gasteiger partial charge in [0.2, 0.25) is 5.91 Å². The number of carbonyl (C=O) groups excluding carboxylic acids is 2. The lowest BCUT2D eigenvalue weighted by Crippen LogP contribution is -2.56. The van der Waals surface area contributed by atoms with Gasteiger partial charge in [-0.15, -0.1) is 0 Å². The number of carboxylic acids is 1. The zero-order chi connectivity index (χ0) is 23.8. The summed E-state index contributed by atoms with van der Waals surface area (Å²) in [6.07, 6.45) is 0.467. The van der Waals surface area contributed by atoms with Crippen molar-refractivity contribution in [3.63, 3.8) is 0 Å². The molecule has 1 fully saturated rings. The number of aliphatic carboxylic acids is 1. The molecule has 2 aliphatic rings. The Kier molecular flexibility index (Phi) is 5.91. The van der Waals surface area contributed by atoms with Crippen molar-refractivity contribution in [2.24, 2.45) is 5.41 Å². The zero-order valence-corrected chi connectivity index (χ0v) is 19.3. The second-order valence-electron chi connectivity index (χ2n) is 9.70. The van der Waals surface area contributed by atoms with Crippen molar-refractivity contribution >= 4 is 18.0 Å². The van der Waals surface area contributed by atoms with Crippen molar-refractivity contribution in [3.05, 3.63) is 59.7 Å². The molecule has 1 aliphatic heterocycles. The predicted octanol–water partition coefficient (Wildman–Crippen LogP) is 4.02. The fourth-order valence-corrected chi connectivity index (χ4v) is 4.89. The zero-order valence-electron chi connectivity index (χ0n) is 19.3. The minimum Gasteiger partial charge on any atom is -0.480 e. The van der Waals surface area contributed by atoms with Crippen molar-refractivity contribution in [2.45, 2.75) is 45.1 Å². The van der Waals surface area contributed by atoms with Gasteiger partial charge in [0.25, 0.3) is 0 Å². The summed E-state index contributed by atoms with van der Waals surface area (Å²) in [5, 5.41) is 12.3. The Morgan fingerprint density at radius 2 is 1.67 bits per heavy atom. The Labute approximate surface area is 193 Å². The van der Waals surface area contributed by atoms with E-state index in [0.29, 0.717) is 19.4 Å². The van der Waals surface area contributed by atoms with Gasteiger partial charge in [0, 0.05) is 19.0 Å². The molecule has 2 aromatic rings. The second-order valence-corrected chi connectivity index (χ2v) is 9.70. The van der Waals surface area contributed by atoms with E-state index in [1.54, 1.807) is 20.8 Å². The van der Waals surface area contributed by atoms with Gasteiger partial charge in [-0.2, -0.15) is 0 Å². The summed E-state index contributed by atoms with van der Waals surface area (Å²) in [6.45, 7) is 5.64. The quantitative estimate of drug-likeness (QED) is 0.693. The van der Waals surface area contributed by atoms with Crippen LogP contribution < -0.4 is 5.32 Å². The first-order valence-corrected chi connectivity index (χ1v) is 11.3. The van der Waals surface area contributed by atoms with Gasteiger partial charge in [-0.1, -0.05) is 48.5 Å². The van der Waals surface area contributed by atoms with E-state index in [9.17, 15) is 19.5 Å². The summed E-state index contributed by atoms with van der Waals surface area (Å²) >= 11 is 0. The number of carbonyl (C=O) groups is 3. The molecule has 1 saturated heterocycles. The van der Waals surface area contributed by atoms with Crippen LogP contribution in [0, 0.1) is 5.41 Å². The number of ether oxygens (including phenoxy) is 1. The van der Waals surface area contributed by atoms with Crippen LogP contribution in [0.15, 0.2) is 48.5 Å². The molecule has 0 spiro atoms. The Morgan fingerprint density at radius 3 is 2.24 bits per heavy atom. The number of nitrogens with one attached hydrogen (secondary N) is 1. The third-order valence-electron chi connectivity index (χ3n) is 6.94. The number of benzene rings is 2. The van der Waals surface area contributed by atoms with Crippen LogP contribution in [0.5, 0.6) is 0 Å². The third kappa shape index (κ3) is 4.08. The van der Waals surface area contributed by atoms with Gasteiger partial charge in [0.15, 0.2) is 0 Å². The van der Waals surface area contributed by atoms with E-state index < -0.39 is 23.0 Å². The van der Waals surface area contributed by atoms with Gasteiger partial charge in [0.1, 0.15) is 12.1 Å². The molecule has 1 atom stereocenters. The second kappa shape index (κ2) is 8.54. The molecule has 0 bridgehead atoms. The lowest BCUT2D eigenvalue weighted by Gasteiger charge is -2.37. The topological polar surface area (TPSA) is 95.9 Å². The molecule has 1 heterocycles. The highest BCUT2D eigenvalue weighted by atomic mass is 16.5. The number of amides is 2. The number of nitrogens with zero attached hydrogens (tertiary/aromatic N) is 1.